The Hall–Kier alpha value is -2.60. The van der Waals surface area contributed by atoms with Crippen LogP contribution in [0.1, 0.15) is 42.4 Å². The number of nitrogens with zero attached hydrogens (tertiary/aromatic N) is 3. The molecule has 6 nitrogen and oxygen atoms in total. The maximum absolute atomic E-state index is 12.2. The highest BCUT2D eigenvalue weighted by Gasteiger charge is 2.15. The van der Waals surface area contributed by atoms with E-state index >= 15 is 0 Å². The molecule has 0 radical (unpaired) electrons. The Bertz CT molecular complexity index is 832. The van der Waals surface area contributed by atoms with E-state index in [2.05, 4.69) is 55.7 Å². The van der Waals surface area contributed by atoms with Crippen LogP contribution in [0, 0.1) is 0 Å². The highest BCUT2D eigenvalue weighted by atomic mass is 16.2. The summed E-state index contributed by atoms with van der Waals surface area (Å²) in [5, 5.41) is 5.97. The fourth-order valence-corrected chi connectivity index (χ4v) is 4.36. The topological polar surface area (TPSA) is 60.5 Å². The van der Waals surface area contributed by atoms with Crippen molar-refractivity contribution in [2.24, 2.45) is 0 Å². The number of hydrogen-bond acceptors (Lipinski definition) is 4. The Kier molecular flexibility index (Phi) is 7.19. The lowest BCUT2D eigenvalue weighted by Crippen LogP contribution is -2.41. The Balaban J connectivity index is 1.18. The van der Waals surface area contributed by atoms with Crippen LogP contribution in [0.5, 0.6) is 0 Å². The molecule has 2 aliphatic rings. The van der Waals surface area contributed by atoms with E-state index in [1.165, 1.54) is 36.8 Å². The number of anilines is 1. The molecule has 2 aromatic rings. The number of rotatable bonds is 6. The number of pyridine rings is 1. The van der Waals surface area contributed by atoms with Gasteiger partial charge in [-0.05, 0) is 48.1 Å². The predicted molar refractivity (Wildman–Crippen MR) is 121 cm³/mol. The van der Waals surface area contributed by atoms with E-state index in [9.17, 15) is 4.79 Å². The Morgan fingerprint density at radius 3 is 2.60 bits per heavy atom. The van der Waals surface area contributed by atoms with Crippen LogP contribution in [0.4, 0.5) is 10.6 Å². The number of aromatic nitrogens is 1. The van der Waals surface area contributed by atoms with Gasteiger partial charge in [-0.25, -0.2) is 9.78 Å². The van der Waals surface area contributed by atoms with Crippen molar-refractivity contribution >= 4 is 11.8 Å². The predicted octanol–water partition coefficient (Wildman–Crippen LogP) is 3.32. The molecule has 3 heterocycles. The van der Waals surface area contributed by atoms with E-state index in [0.717, 1.165) is 50.5 Å². The Morgan fingerprint density at radius 1 is 0.967 bits per heavy atom. The summed E-state index contributed by atoms with van der Waals surface area (Å²) < 4.78 is 0. The summed E-state index contributed by atoms with van der Waals surface area (Å²) in [7, 11) is 0. The molecular weight excluding hydrogens is 374 g/mol. The van der Waals surface area contributed by atoms with E-state index in [4.69, 9.17) is 0 Å². The second kappa shape index (κ2) is 10.4. The van der Waals surface area contributed by atoms with Crippen LogP contribution in [0.15, 0.2) is 42.6 Å². The van der Waals surface area contributed by atoms with E-state index in [1.54, 1.807) is 0 Å². The van der Waals surface area contributed by atoms with Crippen molar-refractivity contribution in [3.05, 3.63) is 59.3 Å². The van der Waals surface area contributed by atoms with Gasteiger partial charge in [0.25, 0.3) is 0 Å². The fraction of sp³-hybridized carbons (Fsp3) is 0.500. The molecule has 1 aromatic carbocycles. The number of fused-ring (bicyclic) bond motifs is 1. The summed E-state index contributed by atoms with van der Waals surface area (Å²) in [6, 6.07) is 12.6. The molecular formula is C24H33N5O. The lowest BCUT2D eigenvalue weighted by molar-refractivity contribution is 0.230. The van der Waals surface area contributed by atoms with Gasteiger partial charge in [0.15, 0.2) is 0 Å². The third-order valence-corrected chi connectivity index (χ3v) is 6.12. The average molecular weight is 408 g/mol. The molecule has 0 aliphatic carbocycles. The summed E-state index contributed by atoms with van der Waals surface area (Å²) in [5.74, 6) is 1.03. The molecule has 0 atom stereocenters. The van der Waals surface area contributed by atoms with Gasteiger partial charge in [-0.2, -0.15) is 0 Å². The van der Waals surface area contributed by atoms with Crippen molar-refractivity contribution in [2.45, 2.75) is 45.2 Å². The summed E-state index contributed by atoms with van der Waals surface area (Å²) >= 11 is 0. The molecule has 160 valence electrons. The molecule has 2 amide bonds. The van der Waals surface area contributed by atoms with Crippen molar-refractivity contribution in [1.82, 2.24) is 20.5 Å². The third-order valence-electron chi connectivity index (χ3n) is 6.12. The van der Waals surface area contributed by atoms with Gasteiger partial charge in [0.2, 0.25) is 0 Å². The van der Waals surface area contributed by atoms with Crippen LogP contribution in [0.2, 0.25) is 0 Å². The zero-order valence-electron chi connectivity index (χ0n) is 17.8. The third kappa shape index (κ3) is 5.72. The Labute approximate surface area is 179 Å². The first-order chi connectivity index (χ1) is 14.8. The number of carbonyl (C=O) groups is 1. The SMILES string of the molecule is O=C(NCCN1CCc2ccccc2C1)NCc1ccnc(N2CCCCCC2)c1. The second-order valence-corrected chi connectivity index (χ2v) is 8.33. The van der Waals surface area contributed by atoms with Gasteiger partial charge in [0, 0.05) is 52.0 Å². The highest BCUT2D eigenvalue weighted by Crippen LogP contribution is 2.19. The minimum atomic E-state index is -0.111. The average Bonchev–Trinajstić information content (AvgIpc) is 3.07. The van der Waals surface area contributed by atoms with Crippen LogP contribution in [0.25, 0.3) is 0 Å². The van der Waals surface area contributed by atoms with Crippen LogP contribution >= 0.6 is 0 Å². The van der Waals surface area contributed by atoms with Crippen molar-refractivity contribution < 1.29 is 4.79 Å². The molecule has 0 saturated carbocycles. The van der Waals surface area contributed by atoms with Gasteiger partial charge in [-0.15, -0.1) is 0 Å². The lowest BCUT2D eigenvalue weighted by atomic mass is 10.00. The van der Waals surface area contributed by atoms with E-state index in [1.807, 2.05) is 12.3 Å². The highest BCUT2D eigenvalue weighted by molar-refractivity contribution is 5.73. The molecule has 6 heteroatoms. The zero-order valence-corrected chi connectivity index (χ0v) is 17.8. The van der Waals surface area contributed by atoms with Crippen molar-refractivity contribution in [1.29, 1.82) is 0 Å². The first-order valence-corrected chi connectivity index (χ1v) is 11.3. The molecule has 0 unspecified atom stereocenters. The number of amides is 2. The first kappa shape index (κ1) is 20.7. The van der Waals surface area contributed by atoms with E-state index < -0.39 is 0 Å². The molecule has 4 rings (SSSR count). The smallest absolute Gasteiger partial charge is 0.315 e. The first-order valence-electron chi connectivity index (χ1n) is 11.3. The summed E-state index contributed by atoms with van der Waals surface area (Å²) in [6.45, 7) is 6.22. The number of benzene rings is 1. The quantitative estimate of drug-likeness (QED) is 0.771. The van der Waals surface area contributed by atoms with Gasteiger partial charge < -0.3 is 15.5 Å². The normalized spacial score (nSPS) is 17.1. The second-order valence-electron chi connectivity index (χ2n) is 8.33. The number of carbonyl (C=O) groups excluding carboxylic acids is 1. The van der Waals surface area contributed by atoms with Crippen molar-refractivity contribution in [3.8, 4) is 0 Å². The van der Waals surface area contributed by atoms with Gasteiger partial charge >= 0.3 is 6.03 Å². The molecule has 1 saturated heterocycles. The zero-order chi connectivity index (χ0) is 20.6. The summed E-state index contributed by atoms with van der Waals surface area (Å²) in [4.78, 5) is 21.5. The number of urea groups is 1. The van der Waals surface area contributed by atoms with Crippen LogP contribution < -0.4 is 15.5 Å². The molecule has 2 aliphatic heterocycles. The maximum Gasteiger partial charge on any atom is 0.315 e. The minimum absolute atomic E-state index is 0.111. The monoisotopic (exact) mass is 407 g/mol. The van der Waals surface area contributed by atoms with Crippen LogP contribution in [-0.4, -0.2) is 48.6 Å². The lowest BCUT2D eigenvalue weighted by Gasteiger charge is -2.28. The molecule has 1 fully saturated rings. The van der Waals surface area contributed by atoms with Crippen molar-refractivity contribution in [3.63, 3.8) is 0 Å². The molecule has 0 spiro atoms. The molecule has 2 N–H and O–H groups in total. The van der Waals surface area contributed by atoms with Gasteiger partial charge in [0.05, 0.1) is 0 Å². The molecule has 1 aromatic heterocycles. The fourth-order valence-electron chi connectivity index (χ4n) is 4.36. The van der Waals surface area contributed by atoms with Gasteiger partial charge in [-0.1, -0.05) is 37.1 Å². The number of hydrogen-bond donors (Lipinski definition) is 2. The maximum atomic E-state index is 12.2. The minimum Gasteiger partial charge on any atom is -0.357 e. The van der Waals surface area contributed by atoms with Crippen molar-refractivity contribution in [2.75, 3.05) is 37.6 Å². The number of nitrogens with one attached hydrogen (secondary N) is 2. The molecule has 0 bridgehead atoms. The van der Waals surface area contributed by atoms with E-state index in [-0.39, 0.29) is 6.03 Å². The van der Waals surface area contributed by atoms with E-state index in [0.29, 0.717) is 13.1 Å². The summed E-state index contributed by atoms with van der Waals surface area (Å²) in [6.07, 6.45) is 8.02. The largest absolute Gasteiger partial charge is 0.357 e. The molecule has 30 heavy (non-hydrogen) atoms. The van der Waals surface area contributed by atoms with Crippen LogP contribution in [0.3, 0.4) is 0 Å². The summed E-state index contributed by atoms with van der Waals surface area (Å²) in [5.41, 5.74) is 3.95. The standard InChI is InChI=1S/C24H33N5O/c30-24(26-12-16-28-15-10-21-7-3-4-8-22(21)19-28)27-18-20-9-11-25-23(17-20)29-13-5-1-2-6-14-29/h3-4,7-9,11,17H,1-2,5-6,10,12-16,18-19H2,(H2,26,27,30). The van der Waals surface area contributed by atoms with Gasteiger partial charge in [-0.3, -0.25) is 4.90 Å². The Morgan fingerprint density at radius 2 is 1.77 bits per heavy atom. The van der Waals surface area contributed by atoms with Crippen LogP contribution in [-0.2, 0) is 19.5 Å². The van der Waals surface area contributed by atoms with Gasteiger partial charge in [0.1, 0.15) is 5.82 Å².